The highest BCUT2D eigenvalue weighted by atomic mass is 35.5. The average molecular weight is 277 g/mol. The van der Waals surface area contributed by atoms with Crippen molar-refractivity contribution in [2.45, 2.75) is 16.8 Å². The lowest BCUT2D eigenvalue weighted by atomic mass is 10.2. The molecule has 0 unspecified atom stereocenters. The lowest BCUT2D eigenvalue weighted by molar-refractivity contribution is 1.08. The molecule has 0 spiro atoms. The second kappa shape index (κ2) is 4.59. The summed E-state index contributed by atoms with van der Waals surface area (Å²) in [4.78, 5) is 16.6. The minimum absolute atomic E-state index is 0.214. The van der Waals surface area contributed by atoms with Crippen LogP contribution < -0.4 is 0 Å². The summed E-state index contributed by atoms with van der Waals surface area (Å²) in [7, 11) is 0. The predicted octanol–water partition coefficient (Wildman–Crippen LogP) is 3.47. The van der Waals surface area contributed by atoms with Gasteiger partial charge < -0.3 is 4.98 Å². The zero-order valence-corrected chi connectivity index (χ0v) is 11.1. The first-order valence-corrected chi connectivity index (χ1v) is 6.53. The van der Waals surface area contributed by atoms with E-state index in [4.69, 9.17) is 11.6 Å². The van der Waals surface area contributed by atoms with Gasteiger partial charge in [0.1, 0.15) is 10.5 Å². The van der Waals surface area contributed by atoms with E-state index in [1.54, 1.807) is 18.1 Å². The molecule has 0 amide bonds. The summed E-state index contributed by atoms with van der Waals surface area (Å²) in [6, 6.07) is 8.13. The van der Waals surface area contributed by atoms with Gasteiger partial charge in [0.15, 0.2) is 5.65 Å². The molecule has 0 atom stereocenters. The number of H-pyrrole nitrogens is 1. The van der Waals surface area contributed by atoms with Crippen molar-refractivity contribution in [1.29, 1.82) is 0 Å². The van der Waals surface area contributed by atoms with E-state index >= 15 is 0 Å². The molecule has 0 saturated heterocycles. The van der Waals surface area contributed by atoms with Gasteiger partial charge in [0, 0.05) is 4.90 Å². The van der Waals surface area contributed by atoms with Gasteiger partial charge >= 0.3 is 0 Å². The van der Waals surface area contributed by atoms with E-state index in [-0.39, 0.29) is 5.28 Å². The smallest absolute Gasteiger partial charge is 0.225 e. The average Bonchev–Trinajstić information content (AvgIpc) is 2.80. The Kier molecular flexibility index (Phi) is 2.93. The fourth-order valence-corrected chi connectivity index (χ4v) is 2.81. The second-order valence-corrected chi connectivity index (χ2v) is 5.14. The Labute approximate surface area is 113 Å². The van der Waals surface area contributed by atoms with Crippen molar-refractivity contribution in [2.24, 2.45) is 0 Å². The molecule has 3 rings (SSSR count). The second-order valence-electron chi connectivity index (χ2n) is 3.77. The molecule has 1 N–H and O–H groups in total. The topological polar surface area (TPSA) is 54.5 Å². The number of hydrogen-bond donors (Lipinski definition) is 1. The number of benzene rings is 1. The number of halogens is 1. The van der Waals surface area contributed by atoms with Crippen LogP contribution in [0, 0.1) is 6.92 Å². The third-order valence-electron chi connectivity index (χ3n) is 2.53. The zero-order valence-electron chi connectivity index (χ0n) is 9.51. The summed E-state index contributed by atoms with van der Waals surface area (Å²) in [5.41, 5.74) is 2.60. The van der Waals surface area contributed by atoms with Gasteiger partial charge in [-0.05, 0) is 30.2 Å². The van der Waals surface area contributed by atoms with Crippen LogP contribution in [0.4, 0.5) is 0 Å². The minimum Gasteiger partial charge on any atom is -0.341 e. The number of aromatic amines is 1. The minimum atomic E-state index is 0.214. The number of imidazole rings is 1. The van der Waals surface area contributed by atoms with Gasteiger partial charge in [0.2, 0.25) is 5.28 Å². The van der Waals surface area contributed by atoms with Crippen LogP contribution in [-0.4, -0.2) is 19.9 Å². The van der Waals surface area contributed by atoms with Crippen molar-refractivity contribution >= 4 is 34.5 Å². The molecule has 0 bridgehead atoms. The molecule has 2 aromatic heterocycles. The fourth-order valence-electron chi connectivity index (χ4n) is 1.63. The number of aromatic nitrogens is 4. The number of aryl methyl sites for hydroxylation is 1. The Hall–Kier alpha value is -1.59. The molecule has 3 aromatic rings. The molecule has 0 aliphatic heterocycles. The number of nitrogens with zero attached hydrogens (tertiary/aromatic N) is 3. The number of fused-ring (bicyclic) bond motifs is 1. The molecule has 1 aromatic carbocycles. The van der Waals surface area contributed by atoms with Crippen molar-refractivity contribution < 1.29 is 0 Å². The van der Waals surface area contributed by atoms with Crippen molar-refractivity contribution in [3.8, 4) is 0 Å². The molecule has 0 fully saturated rings. The molecule has 2 heterocycles. The maximum absolute atomic E-state index is 5.90. The first kappa shape index (κ1) is 11.5. The van der Waals surface area contributed by atoms with E-state index in [2.05, 4.69) is 39.0 Å². The Morgan fingerprint density at radius 2 is 2.06 bits per heavy atom. The number of rotatable bonds is 2. The largest absolute Gasteiger partial charge is 0.341 e. The summed E-state index contributed by atoms with van der Waals surface area (Å²) in [5, 5.41) is 1.00. The van der Waals surface area contributed by atoms with Crippen LogP contribution in [0.2, 0.25) is 5.28 Å². The number of nitrogens with one attached hydrogen (secondary N) is 1. The zero-order chi connectivity index (χ0) is 12.5. The first-order valence-electron chi connectivity index (χ1n) is 5.34. The lowest BCUT2D eigenvalue weighted by Gasteiger charge is -2.05. The van der Waals surface area contributed by atoms with Crippen LogP contribution in [-0.2, 0) is 0 Å². The van der Waals surface area contributed by atoms with E-state index < -0.39 is 0 Å². The lowest BCUT2D eigenvalue weighted by Crippen LogP contribution is -1.89. The van der Waals surface area contributed by atoms with Gasteiger partial charge in [-0.1, -0.05) is 30.0 Å². The van der Waals surface area contributed by atoms with Crippen LogP contribution in [0.5, 0.6) is 0 Å². The van der Waals surface area contributed by atoms with Crippen molar-refractivity contribution in [1.82, 2.24) is 19.9 Å². The highest BCUT2D eigenvalue weighted by Gasteiger charge is 2.11. The molecular formula is C12H9ClN4S. The molecule has 0 radical (unpaired) electrons. The predicted molar refractivity (Wildman–Crippen MR) is 72.0 cm³/mol. The van der Waals surface area contributed by atoms with Crippen LogP contribution in [0.15, 0.2) is 40.5 Å². The molecule has 0 aliphatic carbocycles. The standard InChI is InChI=1S/C12H9ClN4S/c1-7-4-2-3-5-8(7)18-11-9-10(15-6-14-9)16-12(13)17-11/h2-6H,1H3,(H,14,15,16,17). The van der Waals surface area contributed by atoms with Gasteiger partial charge in [0.25, 0.3) is 0 Å². The van der Waals surface area contributed by atoms with E-state index in [0.717, 1.165) is 15.4 Å². The van der Waals surface area contributed by atoms with Crippen molar-refractivity contribution in [3.63, 3.8) is 0 Å². The van der Waals surface area contributed by atoms with Crippen LogP contribution >= 0.6 is 23.4 Å². The summed E-state index contributed by atoms with van der Waals surface area (Å²) >= 11 is 7.45. The Morgan fingerprint density at radius 3 is 2.89 bits per heavy atom. The van der Waals surface area contributed by atoms with E-state index in [9.17, 15) is 0 Å². The van der Waals surface area contributed by atoms with Gasteiger partial charge in [-0.15, -0.1) is 0 Å². The van der Waals surface area contributed by atoms with Gasteiger partial charge in [-0.25, -0.2) is 9.97 Å². The third kappa shape index (κ3) is 2.07. The van der Waals surface area contributed by atoms with E-state index in [1.165, 1.54) is 5.56 Å². The highest BCUT2D eigenvalue weighted by Crippen LogP contribution is 2.32. The maximum Gasteiger partial charge on any atom is 0.225 e. The molecule has 0 aliphatic rings. The van der Waals surface area contributed by atoms with Gasteiger partial charge in [-0.3, -0.25) is 0 Å². The van der Waals surface area contributed by atoms with Crippen LogP contribution in [0.25, 0.3) is 11.2 Å². The Balaban J connectivity index is 2.10. The van der Waals surface area contributed by atoms with Gasteiger partial charge in [0.05, 0.1) is 6.33 Å². The fraction of sp³-hybridized carbons (Fsp3) is 0.0833. The first-order chi connectivity index (χ1) is 8.74. The molecular weight excluding hydrogens is 268 g/mol. The molecule has 4 nitrogen and oxygen atoms in total. The Morgan fingerprint density at radius 1 is 1.22 bits per heavy atom. The number of hydrogen-bond acceptors (Lipinski definition) is 4. The summed E-state index contributed by atoms with van der Waals surface area (Å²) < 4.78 is 0. The summed E-state index contributed by atoms with van der Waals surface area (Å²) in [6.07, 6.45) is 1.59. The molecule has 18 heavy (non-hydrogen) atoms. The van der Waals surface area contributed by atoms with Crippen LogP contribution in [0.3, 0.4) is 0 Å². The summed E-state index contributed by atoms with van der Waals surface area (Å²) in [6.45, 7) is 2.06. The molecule has 0 saturated carbocycles. The molecule has 6 heteroatoms. The summed E-state index contributed by atoms with van der Waals surface area (Å²) in [5.74, 6) is 0. The highest BCUT2D eigenvalue weighted by molar-refractivity contribution is 7.99. The van der Waals surface area contributed by atoms with E-state index in [0.29, 0.717) is 5.65 Å². The maximum atomic E-state index is 5.90. The van der Waals surface area contributed by atoms with Crippen LogP contribution in [0.1, 0.15) is 5.56 Å². The third-order valence-corrected chi connectivity index (χ3v) is 3.86. The van der Waals surface area contributed by atoms with Crippen molar-refractivity contribution in [2.75, 3.05) is 0 Å². The Bertz CT molecular complexity index is 710. The monoisotopic (exact) mass is 276 g/mol. The SMILES string of the molecule is Cc1ccccc1Sc1nc(Cl)nc2nc[nH]c12. The molecule has 90 valence electrons. The quantitative estimate of drug-likeness (QED) is 0.575. The van der Waals surface area contributed by atoms with Gasteiger partial charge in [-0.2, -0.15) is 4.98 Å². The van der Waals surface area contributed by atoms with Crippen molar-refractivity contribution in [3.05, 3.63) is 41.4 Å². The van der Waals surface area contributed by atoms with E-state index in [1.807, 2.05) is 12.1 Å². The normalized spacial score (nSPS) is 11.0.